The lowest BCUT2D eigenvalue weighted by atomic mass is 9.91. The predicted octanol–water partition coefficient (Wildman–Crippen LogP) is 4.86. The van der Waals surface area contributed by atoms with E-state index in [9.17, 15) is 4.79 Å². The molecule has 0 unspecified atom stereocenters. The topological polar surface area (TPSA) is 59.0 Å². The van der Waals surface area contributed by atoms with E-state index in [1.807, 2.05) is 4.68 Å². The number of halogens is 1. The van der Waals surface area contributed by atoms with Crippen LogP contribution >= 0.6 is 11.6 Å². The van der Waals surface area contributed by atoms with E-state index in [0.29, 0.717) is 10.6 Å². The van der Waals surface area contributed by atoms with Crippen molar-refractivity contribution in [1.82, 2.24) is 15.1 Å². The molecule has 0 radical (unpaired) electrons. The molecule has 3 aromatic rings. The lowest BCUT2D eigenvalue weighted by molar-refractivity contribution is 0.102. The van der Waals surface area contributed by atoms with Crippen molar-refractivity contribution in [1.29, 1.82) is 0 Å². The fourth-order valence-corrected chi connectivity index (χ4v) is 4.20. The molecule has 1 saturated heterocycles. The average Bonchev–Trinajstić information content (AvgIpc) is 3.15. The molecule has 1 aromatic heterocycles. The summed E-state index contributed by atoms with van der Waals surface area (Å²) in [4.78, 5) is 13.2. The minimum absolute atomic E-state index is 0.140. The van der Waals surface area contributed by atoms with Crippen LogP contribution in [-0.4, -0.2) is 28.8 Å². The quantitative estimate of drug-likeness (QED) is 0.648. The minimum atomic E-state index is -0.140. The Hall–Kier alpha value is -2.63. The van der Waals surface area contributed by atoms with Crippen LogP contribution in [0, 0.1) is 13.8 Å². The summed E-state index contributed by atoms with van der Waals surface area (Å²) in [6.45, 7) is 6.06. The number of amides is 1. The summed E-state index contributed by atoms with van der Waals surface area (Å²) in [5, 5.41) is 11.7. The molecule has 0 aliphatic carbocycles. The van der Waals surface area contributed by atoms with Gasteiger partial charge in [0.1, 0.15) is 0 Å². The van der Waals surface area contributed by atoms with Crippen LogP contribution in [0.1, 0.15) is 45.9 Å². The summed E-state index contributed by atoms with van der Waals surface area (Å²) in [5.41, 5.74) is 5.70. The lowest BCUT2D eigenvalue weighted by Crippen LogP contribution is -2.29. The van der Waals surface area contributed by atoms with Gasteiger partial charge in [0.25, 0.3) is 5.91 Å². The molecule has 1 aliphatic heterocycles. The number of anilines is 1. The van der Waals surface area contributed by atoms with Crippen LogP contribution in [0.3, 0.4) is 0 Å². The van der Waals surface area contributed by atoms with Crippen molar-refractivity contribution < 1.29 is 4.79 Å². The van der Waals surface area contributed by atoms with Crippen molar-refractivity contribution in [3.63, 3.8) is 0 Å². The van der Waals surface area contributed by atoms with Gasteiger partial charge in [0.05, 0.1) is 23.1 Å². The van der Waals surface area contributed by atoms with Gasteiger partial charge < -0.3 is 10.6 Å². The van der Waals surface area contributed by atoms with Crippen molar-refractivity contribution in [3.8, 4) is 5.69 Å². The van der Waals surface area contributed by atoms with Crippen LogP contribution in [0.15, 0.2) is 48.7 Å². The second-order valence-corrected chi connectivity index (χ2v) is 8.02. The number of hydrogen-bond donors (Lipinski definition) is 2. The predicted molar refractivity (Wildman–Crippen MR) is 117 cm³/mol. The van der Waals surface area contributed by atoms with Gasteiger partial charge in [0.15, 0.2) is 0 Å². The summed E-state index contributed by atoms with van der Waals surface area (Å²) in [6.07, 6.45) is 3.67. The fourth-order valence-electron chi connectivity index (χ4n) is 4.07. The Morgan fingerprint density at radius 2 is 1.76 bits per heavy atom. The third-order valence-corrected chi connectivity index (χ3v) is 5.78. The molecule has 29 heavy (non-hydrogen) atoms. The smallest absolute Gasteiger partial charge is 0.259 e. The molecule has 1 amide bonds. The van der Waals surface area contributed by atoms with Gasteiger partial charge in [0, 0.05) is 16.6 Å². The zero-order valence-corrected chi connectivity index (χ0v) is 17.5. The number of rotatable bonds is 4. The first-order valence-electron chi connectivity index (χ1n) is 9.96. The summed E-state index contributed by atoms with van der Waals surface area (Å²) < 4.78 is 1.98. The molecular formula is C23H25ClN4O. The molecule has 5 nitrogen and oxygen atoms in total. The summed E-state index contributed by atoms with van der Waals surface area (Å²) in [5.74, 6) is 0.141. The van der Waals surface area contributed by atoms with Crippen LogP contribution in [0.5, 0.6) is 0 Å². The molecule has 2 heterocycles. The molecule has 150 valence electrons. The van der Waals surface area contributed by atoms with Crippen LogP contribution in [0.25, 0.3) is 5.69 Å². The van der Waals surface area contributed by atoms with Gasteiger partial charge in [-0.3, -0.25) is 4.79 Å². The Morgan fingerprint density at radius 1 is 1.10 bits per heavy atom. The van der Waals surface area contributed by atoms with E-state index in [4.69, 9.17) is 11.6 Å². The number of benzene rings is 2. The largest absolute Gasteiger partial charge is 0.322 e. The second-order valence-electron chi connectivity index (χ2n) is 7.58. The van der Waals surface area contributed by atoms with E-state index in [0.717, 1.165) is 54.1 Å². The van der Waals surface area contributed by atoms with E-state index in [2.05, 4.69) is 47.8 Å². The van der Waals surface area contributed by atoms with Gasteiger partial charge in [-0.05, 0) is 75.2 Å². The number of nitrogens with zero attached hydrogens (tertiary/aromatic N) is 2. The molecule has 1 aliphatic rings. The van der Waals surface area contributed by atoms with E-state index in [1.54, 1.807) is 30.5 Å². The Labute approximate surface area is 176 Å². The molecule has 0 saturated carbocycles. The standard InChI is InChI=1S/C23H25ClN4O/c1-15-4-3-5-16(2)21(15)28-22(17-10-12-25-13-11-17)20(14-26-28)23(29)27-19-8-6-18(24)7-9-19/h3-9,14,17,25H,10-13H2,1-2H3,(H,27,29). The van der Waals surface area contributed by atoms with Gasteiger partial charge >= 0.3 is 0 Å². The van der Waals surface area contributed by atoms with Gasteiger partial charge in [-0.25, -0.2) is 4.68 Å². The van der Waals surface area contributed by atoms with Crippen molar-refractivity contribution in [2.24, 2.45) is 0 Å². The van der Waals surface area contributed by atoms with E-state index in [1.165, 1.54) is 0 Å². The summed E-state index contributed by atoms with van der Waals surface area (Å²) >= 11 is 5.96. The van der Waals surface area contributed by atoms with Crippen molar-refractivity contribution >= 4 is 23.2 Å². The molecular weight excluding hydrogens is 384 g/mol. The SMILES string of the molecule is Cc1cccc(C)c1-n1ncc(C(=O)Nc2ccc(Cl)cc2)c1C1CCNCC1. The number of piperidine rings is 1. The van der Waals surface area contributed by atoms with Crippen LogP contribution in [0.4, 0.5) is 5.69 Å². The highest BCUT2D eigenvalue weighted by atomic mass is 35.5. The summed E-state index contributed by atoms with van der Waals surface area (Å²) in [7, 11) is 0. The number of aromatic nitrogens is 2. The second kappa shape index (κ2) is 8.39. The third-order valence-electron chi connectivity index (χ3n) is 5.53. The normalized spacial score (nSPS) is 14.7. The van der Waals surface area contributed by atoms with Gasteiger partial charge in [-0.2, -0.15) is 5.10 Å². The van der Waals surface area contributed by atoms with Crippen molar-refractivity contribution in [3.05, 3.63) is 76.1 Å². The molecule has 0 atom stereocenters. The van der Waals surface area contributed by atoms with Crippen LogP contribution in [0.2, 0.25) is 5.02 Å². The number of carbonyl (C=O) groups is 1. The first-order valence-corrected chi connectivity index (χ1v) is 10.3. The monoisotopic (exact) mass is 408 g/mol. The Bertz CT molecular complexity index is 1000. The molecule has 2 N–H and O–H groups in total. The van der Waals surface area contributed by atoms with Gasteiger partial charge in [-0.1, -0.05) is 29.8 Å². The molecule has 0 spiro atoms. The van der Waals surface area contributed by atoms with Gasteiger partial charge in [0.2, 0.25) is 0 Å². The molecule has 0 bridgehead atoms. The Balaban J connectivity index is 1.76. The lowest BCUT2D eigenvalue weighted by Gasteiger charge is -2.25. The molecule has 1 fully saturated rings. The third kappa shape index (κ3) is 4.07. The van der Waals surface area contributed by atoms with E-state index in [-0.39, 0.29) is 11.8 Å². The average molecular weight is 409 g/mol. The van der Waals surface area contributed by atoms with E-state index < -0.39 is 0 Å². The maximum absolute atomic E-state index is 13.2. The summed E-state index contributed by atoms with van der Waals surface area (Å²) in [6, 6.07) is 13.4. The van der Waals surface area contributed by atoms with Gasteiger partial charge in [-0.15, -0.1) is 0 Å². The minimum Gasteiger partial charge on any atom is -0.322 e. The number of aryl methyl sites for hydroxylation is 2. The first kappa shape index (κ1) is 19.7. The molecule has 6 heteroatoms. The maximum atomic E-state index is 13.2. The number of para-hydroxylation sites is 1. The fraction of sp³-hybridized carbons (Fsp3) is 0.304. The highest BCUT2D eigenvalue weighted by Gasteiger charge is 2.28. The number of hydrogen-bond acceptors (Lipinski definition) is 3. The first-order chi connectivity index (χ1) is 14.0. The Morgan fingerprint density at radius 3 is 2.41 bits per heavy atom. The van der Waals surface area contributed by atoms with Crippen molar-refractivity contribution in [2.75, 3.05) is 18.4 Å². The highest BCUT2D eigenvalue weighted by molar-refractivity contribution is 6.30. The number of nitrogens with one attached hydrogen (secondary N) is 2. The van der Waals surface area contributed by atoms with Crippen molar-refractivity contribution in [2.45, 2.75) is 32.6 Å². The number of carbonyl (C=O) groups excluding carboxylic acids is 1. The Kier molecular flexibility index (Phi) is 5.69. The zero-order chi connectivity index (χ0) is 20.4. The van der Waals surface area contributed by atoms with Crippen LogP contribution < -0.4 is 10.6 Å². The maximum Gasteiger partial charge on any atom is 0.259 e. The zero-order valence-electron chi connectivity index (χ0n) is 16.7. The molecule has 4 rings (SSSR count). The molecule has 2 aromatic carbocycles. The highest BCUT2D eigenvalue weighted by Crippen LogP contribution is 2.32. The van der Waals surface area contributed by atoms with Crippen LogP contribution in [-0.2, 0) is 0 Å². The van der Waals surface area contributed by atoms with E-state index >= 15 is 0 Å².